The maximum Gasteiger partial charge on any atom is 0.252 e. The van der Waals surface area contributed by atoms with Gasteiger partial charge in [0, 0.05) is 52.2 Å². The van der Waals surface area contributed by atoms with E-state index in [0.29, 0.717) is 22.2 Å². The Labute approximate surface area is 238 Å². The summed E-state index contributed by atoms with van der Waals surface area (Å²) in [5.74, 6) is -0.205. The van der Waals surface area contributed by atoms with Crippen LogP contribution in [-0.4, -0.2) is 35.1 Å². The second-order valence-corrected chi connectivity index (χ2v) is 10.8. The van der Waals surface area contributed by atoms with E-state index in [1.54, 1.807) is 24.3 Å². The largest absolute Gasteiger partial charge is 0.508 e. The van der Waals surface area contributed by atoms with E-state index in [2.05, 4.69) is 39.5 Å². The predicted molar refractivity (Wildman–Crippen MR) is 162 cm³/mol. The monoisotopic (exact) mass is 550 g/mol. The third-order valence-electron chi connectivity index (χ3n) is 7.67. The summed E-state index contributed by atoms with van der Waals surface area (Å²) in [6, 6.07) is 30.4. The number of nitrogens with two attached hydrogens (primary N) is 1. The Bertz CT molecular complexity index is 1620. The number of H-pyrrole nitrogens is 1. The van der Waals surface area contributed by atoms with Gasteiger partial charge in [-0.25, -0.2) is 0 Å². The number of aromatic hydroxyl groups is 1. The van der Waals surface area contributed by atoms with Gasteiger partial charge >= 0.3 is 0 Å². The van der Waals surface area contributed by atoms with Crippen molar-refractivity contribution in [1.29, 1.82) is 0 Å². The summed E-state index contributed by atoms with van der Waals surface area (Å²) < 4.78 is 0. The Kier molecular flexibility index (Phi) is 7.20. The van der Waals surface area contributed by atoms with Crippen LogP contribution in [0, 0.1) is 0 Å². The summed E-state index contributed by atoms with van der Waals surface area (Å²) in [6.45, 7) is 1.94. The Morgan fingerprint density at radius 2 is 1.70 bits per heavy atom. The number of amides is 1. The highest BCUT2D eigenvalue weighted by Gasteiger charge is 2.23. The van der Waals surface area contributed by atoms with Crippen molar-refractivity contribution in [2.24, 2.45) is 5.73 Å². The number of nitrogens with one attached hydrogen (secondary N) is 2. The first-order valence-corrected chi connectivity index (χ1v) is 13.9. The molecule has 0 radical (unpaired) electrons. The highest BCUT2D eigenvalue weighted by Crippen LogP contribution is 2.33. The second kappa shape index (κ2) is 11.1. The number of carbonyl (C=O) groups excluding carboxylic acids is 1. The average molecular weight is 551 g/mol. The van der Waals surface area contributed by atoms with Gasteiger partial charge in [0.15, 0.2) is 0 Å². The maximum atomic E-state index is 13.6. The van der Waals surface area contributed by atoms with Gasteiger partial charge in [-0.2, -0.15) is 0 Å². The smallest absolute Gasteiger partial charge is 0.252 e. The minimum atomic E-state index is -0.640. The van der Waals surface area contributed by atoms with Crippen LogP contribution in [0.4, 0.5) is 5.69 Å². The van der Waals surface area contributed by atoms with Crippen LogP contribution in [0.15, 0.2) is 97.1 Å². The van der Waals surface area contributed by atoms with Gasteiger partial charge in [-0.15, -0.1) is 0 Å². The van der Waals surface area contributed by atoms with Gasteiger partial charge in [0.1, 0.15) is 5.75 Å². The standard InChI is InChI=1S/C33H31ClN4O2/c34-25-10-13-31(39)28(20-25)32(30-19-23-4-1-2-7-29(23)36-30)37-33(40)24-6-3-5-22(18-24)21-8-11-27(12-9-21)38-16-14-26(35)15-17-38/h1-13,18-20,26,32,36,39H,14-17,35H2,(H,37,40). The second-order valence-electron chi connectivity index (χ2n) is 10.4. The number of halogens is 1. The van der Waals surface area contributed by atoms with Crippen molar-refractivity contribution >= 4 is 34.1 Å². The zero-order valence-corrected chi connectivity index (χ0v) is 22.7. The van der Waals surface area contributed by atoms with Crippen molar-refractivity contribution < 1.29 is 9.90 Å². The van der Waals surface area contributed by atoms with Crippen LogP contribution in [-0.2, 0) is 0 Å². The summed E-state index contributed by atoms with van der Waals surface area (Å²) in [6.07, 6.45) is 2.01. The fourth-order valence-corrected chi connectivity index (χ4v) is 5.59. The minimum Gasteiger partial charge on any atom is -0.508 e. The first-order valence-electron chi connectivity index (χ1n) is 13.5. The van der Waals surface area contributed by atoms with Crippen LogP contribution in [0.25, 0.3) is 22.0 Å². The molecule has 1 aliphatic rings. The van der Waals surface area contributed by atoms with Crippen LogP contribution < -0.4 is 16.0 Å². The lowest BCUT2D eigenvalue weighted by Crippen LogP contribution is -2.39. The number of hydrogen-bond acceptors (Lipinski definition) is 4. The highest BCUT2D eigenvalue weighted by molar-refractivity contribution is 6.30. The van der Waals surface area contributed by atoms with Gasteiger partial charge in [-0.1, -0.05) is 54.1 Å². The number of nitrogens with zero attached hydrogens (tertiary/aromatic N) is 1. The molecule has 6 rings (SSSR count). The number of aromatic amines is 1. The van der Waals surface area contributed by atoms with Crippen molar-refractivity contribution in [2.75, 3.05) is 18.0 Å². The van der Waals surface area contributed by atoms with Crippen LogP contribution in [0.3, 0.4) is 0 Å². The van der Waals surface area contributed by atoms with Crippen molar-refractivity contribution in [3.8, 4) is 16.9 Å². The minimum absolute atomic E-state index is 0.0536. The molecule has 0 aliphatic carbocycles. The quantitative estimate of drug-likeness (QED) is 0.190. The molecular formula is C33H31ClN4O2. The lowest BCUT2D eigenvalue weighted by molar-refractivity contribution is 0.0942. The van der Waals surface area contributed by atoms with Crippen LogP contribution in [0.1, 0.15) is 40.5 Å². The Hall–Kier alpha value is -4.26. The van der Waals surface area contributed by atoms with E-state index in [-0.39, 0.29) is 11.7 Å². The number of rotatable bonds is 6. The Balaban J connectivity index is 1.27. The molecule has 1 unspecified atom stereocenters. The molecule has 1 amide bonds. The van der Waals surface area contributed by atoms with E-state index in [4.69, 9.17) is 17.3 Å². The number of para-hydroxylation sites is 1. The molecule has 6 nitrogen and oxygen atoms in total. The number of aromatic nitrogens is 1. The van der Waals surface area contributed by atoms with Gasteiger partial charge < -0.3 is 26.0 Å². The lowest BCUT2D eigenvalue weighted by Gasteiger charge is -2.32. The van der Waals surface area contributed by atoms with Crippen molar-refractivity contribution in [1.82, 2.24) is 10.3 Å². The molecule has 0 spiro atoms. The lowest BCUT2D eigenvalue weighted by atomic mass is 9.99. The van der Waals surface area contributed by atoms with Crippen LogP contribution in [0.5, 0.6) is 5.75 Å². The van der Waals surface area contributed by atoms with E-state index in [0.717, 1.165) is 53.7 Å². The predicted octanol–water partition coefficient (Wildman–Crippen LogP) is 6.64. The summed E-state index contributed by atoms with van der Waals surface area (Å²) in [5.41, 5.74) is 12.0. The van der Waals surface area contributed by atoms with Gasteiger partial charge in [0.2, 0.25) is 0 Å². The molecule has 1 fully saturated rings. The molecule has 0 bridgehead atoms. The Morgan fingerprint density at radius 3 is 2.48 bits per heavy atom. The number of benzene rings is 4. The number of piperidine rings is 1. The molecule has 202 valence electrons. The molecule has 4 aromatic carbocycles. The fraction of sp³-hybridized carbons (Fsp3) is 0.182. The number of fused-ring (bicyclic) bond motifs is 1. The van der Waals surface area contributed by atoms with Crippen LogP contribution in [0.2, 0.25) is 5.02 Å². The third-order valence-corrected chi connectivity index (χ3v) is 7.90. The molecule has 0 saturated carbocycles. The number of carbonyl (C=O) groups is 1. The fourth-order valence-electron chi connectivity index (χ4n) is 5.41. The average Bonchev–Trinajstić information content (AvgIpc) is 3.42. The summed E-state index contributed by atoms with van der Waals surface area (Å²) in [4.78, 5) is 19.4. The molecular weight excluding hydrogens is 520 g/mol. The molecule has 1 saturated heterocycles. The van der Waals surface area contributed by atoms with E-state index in [1.807, 2.05) is 48.5 Å². The number of phenolic OH excluding ortho intramolecular Hbond substituents is 1. The molecule has 2 heterocycles. The molecule has 5 aromatic rings. The zero-order chi connectivity index (χ0) is 27.6. The topological polar surface area (TPSA) is 94.4 Å². The van der Waals surface area contributed by atoms with Crippen molar-refractivity contribution in [2.45, 2.75) is 24.9 Å². The van der Waals surface area contributed by atoms with E-state index < -0.39 is 6.04 Å². The Morgan fingerprint density at radius 1 is 0.925 bits per heavy atom. The van der Waals surface area contributed by atoms with E-state index in [1.165, 1.54) is 5.69 Å². The van der Waals surface area contributed by atoms with Gasteiger partial charge in [0.25, 0.3) is 5.91 Å². The highest BCUT2D eigenvalue weighted by atomic mass is 35.5. The number of phenols is 1. The van der Waals surface area contributed by atoms with Gasteiger partial charge in [0.05, 0.1) is 6.04 Å². The molecule has 5 N–H and O–H groups in total. The van der Waals surface area contributed by atoms with Gasteiger partial charge in [-0.05, 0) is 84.0 Å². The molecule has 1 atom stereocenters. The molecule has 7 heteroatoms. The first-order chi connectivity index (χ1) is 19.4. The molecule has 40 heavy (non-hydrogen) atoms. The van der Waals surface area contributed by atoms with Crippen molar-refractivity contribution in [3.05, 3.63) is 119 Å². The number of anilines is 1. The normalized spacial score (nSPS) is 14.8. The number of hydrogen-bond donors (Lipinski definition) is 4. The summed E-state index contributed by atoms with van der Waals surface area (Å²) in [5, 5.41) is 15.3. The molecule has 1 aliphatic heterocycles. The van der Waals surface area contributed by atoms with Crippen LogP contribution >= 0.6 is 11.6 Å². The van der Waals surface area contributed by atoms with Gasteiger partial charge in [-0.3, -0.25) is 4.79 Å². The van der Waals surface area contributed by atoms with E-state index >= 15 is 0 Å². The summed E-state index contributed by atoms with van der Waals surface area (Å²) in [7, 11) is 0. The third kappa shape index (κ3) is 5.41. The SMILES string of the molecule is NC1CCN(c2ccc(-c3cccc(C(=O)NC(c4cc5ccccc5[nH]4)c4cc(Cl)ccc4O)c3)cc2)CC1. The van der Waals surface area contributed by atoms with Crippen molar-refractivity contribution in [3.63, 3.8) is 0 Å². The zero-order valence-electron chi connectivity index (χ0n) is 22.0. The first kappa shape index (κ1) is 26.0. The molecule has 1 aromatic heterocycles. The summed E-state index contributed by atoms with van der Waals surface area (Å²) >= 11 is 6.29. The van der Waals surface area contributed by atoms with E-state index in [9.17, 15) is 9.90 Å². The maximum absolute atomic E-state index is 13.6.